The zero-order chi connectivity index (χ0) is 16.1. The van der Waals surface area contributed by atoms with Gasteiger partial charge in [-0.15, -0.1) is 0 Å². The number of alkyl halides is 2. The Balaban J connectivity index is 2.08. The first kappa shape index (κ1) is 16.2. The summed E-state index contributed by atoms with van der Waals surface area (Å²) in [5.41, 5.74) is 1.36. The van der Waals surface area contributed by atoms with Gasteiger partial charge in [0, 0.05) is 21.7 Å². The molecule has 2 aromatic carbocycles. The van der Waals surface area contributed by atoms with Crippen LogP contribution in [-0.4, -0.2) is 17.4 Å². The Morgan fingerprint density at radius 3 is 2.32 bits per heavy atom. The lowest BCUT2D eigenvalue weighted by atomic mass is 10.1. The minimum Gasteiger partial charge on any atom is -0.322 e. The Kier molecular flexibility index (Phi) is 5.27. The van der Waals surface area contributed by atoms with Gasteiger partial charge in [-0.2, -0.15) is 8.78 Å². The molecule has 0 atom stereocenters. The third kappa shape index (κ3) is 4.39. The second kappa shape index (κ2) is 7.17. The summed E-state index contributed by atoms with van der Waals surface area (Å²) < 4.78 is 24.5. The Hall–Kier alpha value is -2.21. The number of halogens is 2. The number of carbonyl (C=O) groups is 2. The highest BCUT2D eigenvalue weighted by molar-refractivity contribution is 7.99. The lowest BCUT2D eigenvalue weighted by Gasteiger charge is -2.07. The maximum absolute atomic E-state index is 12.2. The van der Waals surface area contributed by atoms with E-state index in [1.165, 1.54) is 31.2 Å². The van der Waals surface area contributed by atoms with Crippen LogP contribution in [0.4, 0.5) is 14.5 Å². The van der Waals surface area contributed by atoms with Gasteiger partial charge in [0.05, 0.1) is 0 Å². The average molecular weight is 321 g/mol. The van der Waals surface area contributed by atoms with E-state index in [-0.39, 0.29) is 11.7 Å². The van der Waals surface area contributed by atoms with Gasteiger partial charge in [0.25, 0.3) is 11.7 Å². The molecule has 0 radical (unpaired) electrons. The molecule has 0 aliphatic rings. The zero-order valence-electron chi connectivity index (χ0n) is 11.7. The maximum Gasteiger partial charge on any atom is 0.288 e. The Morgan fingerprint density at radius 1 is 1.05 bits per heavy atom. The fraction of sp³-hybridized carbons (Fsp3) is 0.125. The van der Waals surface area contributed by atoms with E-state index in [0.29, 0.717) is 33.5 Å². The first-order chi connectivity index (χ1) is 10.5. The van der Waals surface area contributed by atoms with Crippen LogP contribution in [0.25, 0.3) is 0 Å². The zero-order valence-corrected chi connectivity index (χ0v) is 12.5. The minimum absolute atomic E-state index is 0.0931. The Morgan fingerprint density at radius 2 is 1.73 bits per heavy atom. The number of nitrogens with one attached hydrogen (secondary N) is 1. The first-order valence-corrected chi connectivity index (χ1v) is 7.31. The van der Waals surface area contributed by atoms with Crippen molar-refractivity contribution in [2.75, 3.05) is 5.32 Å². The van der Waals surface area contributed by atoms with Gasteiger partial charge in [0.2, 0.25) is 0 Å². The number of ketones is 1. The number of amides is 1. The number of carbonyl (C=O) groups excluding carboxylic acids is 2. The molecule has 0 saturated carbocycles. The molecule has 1 amide bonds. The summed E-state index contributed by atoms with van der Waals surface area (Å²) in [6, 6.07) is 12.5. The first-order valence-electron chi connectivity index (χ1n) is 6.43. The van der Waals surface area contributed by atoms with Crippen molar-refractivity contribution in [3.63, 3.8) is 0 Å². The van der Waals surface area contributed by atoms with Crippen LogP contribution in [-0.2, 0) is 0 Å². The van der Waals surface area contributed by atoms with Crippen LogP contribution < -0.4 is 5.32 Å². The van der Waals surface area contributed by atoms with Crippen LogP contribution in [0.5, 0.6) is 0 Å². The molecule has 0 unspecified atom stereocenters. The molecule has 2 rings (SSSR count). The van der Waals surface area contributed by atoms with E-state index < -0.39 is 5.76 Å². The van der Waals surface area contributed by atoms with Crippen molar-refractivity contribution in [1.82, 2.24) is 0 Å². The quantitative estimate of drug-likeness (QED) is 0.653. The Labute approximate surface area is 130 Å². The van der Waals surface area contributed by atoms with Crippen molar-refractivity contribution in [3.8, 4) is 0 Å². The van der Waals surface area contributed by atoms with Crippen molar-refractivity contribution < 1.29 is 18.4 Å². The highest BCUT2D eigenvalue weighted by Crippen LogP contribution is 2.25. The number of hydrogen-bond acceptors (Lipinski definition) is 3. The summed E-state index contributed by atoms with van der Waals surface area (Å²) in [7, 11) is 0. The number of Topliss-reactive ketones (excluding diaryl/α,β-unsaturated/α-hetero) is 1. The molecule has 114 valence electrons. The van der Waals surface area contributed by atoms with Crippen LogP contribution in [0.15, 0.2) is 53.4 Å². The third-order valence-corrected chi connectivity index (χ3v) is 3.59. The van der Waals surface area contributed by atoms with Gasteiger partial charge in [-0.25, -0.2) is 0 Å². The van der Waals surface area contributed by atoms with E-state index in [0.717, 1.165) is 0 Å². The molecule has 0 bridgehead atoms. The molecule has 3 nitrogen and oxygen atoms in total. The molecule has 0 aliphatic carbocycles. The second-order valence-corrected chi connectivity index (χ2v) is 5.56. The summed E-state index contributed by atoms with van der Waals surface area (Å²) in [6.45, 7) is 1.44. The molecule has 1 N–H and O–H groups in total. The number of rotatable bonds is 5. The SMILES string of the molecule is CC(=O)c1cccc(NC(=O)c2ccc(SC(F)F)cc2)c1. The molecule has 6 heteroatoms. The minimum atomic E-state index is -2.49. The van der Waals surface area contributed by atoms with Crippen molar-refractivity contribution in [2.45, 2.75) is 17.6 Å². The smallest absolute Gasteiger partial charge is 0.288 e. The van der Waals surface area contributed by atoms with Gasteiger partial charge in [-0.1, -0.05) is 23.9 Å². The van der Waals surface area contributed by atoms with Crippen LogP contribution >= 0.6 is 11.8 Å². The van der Waals surface area contributed by atoms with E-state index in [1.807, 2.05) is 0 Å². The van der Waals surface area contributed by atoms with Crippen LogP contribution in [0.2, 0.25) is 0 Å². The van der Waals surface area contributed by atoms with Crippen molar-refractivity contribution in [3.05, 3.63) is 59.7 Å². The molecule has 0 saturated heterocycles. The molecule has 0 spiro atoms. The van der Waals surface area contributed by atoms with Crippen molar-refractivity contribution in [1.29, 1.82) is 0 Å². The van der Waals surface area contributed by atoms with Gasteiger partial charge >= 0.3 is 0 Å². The third-order valence-electron chi connectivity index (χ3n) is 2.87. The van der Waals surface area contributed by atoms with Gasteiger partial charge < -0.3 is 5.32 Å². The monoisotopic (exact) mass is 321 g/mol. The molecule has 0 fully saturated rings. The highest BCUT2D eigenvalue weighted by Gasteiger charge is 2.09. The molecule has 22 heavy (non-hydrogen) atoms. The second-order valence-electron chi connectivity index (χ2n) is 4.49. The fourth-order valence-electron chi connectivity index (χ4n) is 1.81. The molecule has 0 aliphatic heterocycles. The molecular weight excluding hydrogens is 308 g/mol. The summed E-state index contributed by atoms with van der Waals surface area (Å²) in [6.07, 6.45) is 0. The molecule has 0 aromatic heterocycles. The highest BCUT2D eigenvalue weighted by atomic mass is 32.2. The molecule has 2 aromatic rings. The van der Waals surface area contributed by atoms with Crippen LogP contribution in [0, 0.1) is 0 Å². The summed E-state index contributed by atoms with van der Waals surface area (Å²) >= 11 is 0.425. The van der Waals surface area contributed by atoms with Gasteiger partial charge in [-0.3, -0.25) is 9.59 Å². The number of thioether (sulfide) groups is 1. The van der Waals surface area contributed by atoms with Gasteiger partial charge in [0.1, 0.15) is 0 Å². The standard InChI is InChI=1S/C16H13F2NO2S/c1-10(20)12-3-2-4-13(9-12)19-15(21)11-5-7-14(8-6-11)22-16(17)18/h2-9,16H,1H3,(H,19,21). The number of benzene rings is 2. The van der Waals surface area contributed by atoms with E-state index in [1.54, 1.807) is 24.3 Å². The van der Waals surface area contributed by atoms with E-state index >= 15 is 0 Å². The summed E-state index contributed by atoms with van der Waals surface area (Å²) in [4.78, 5) is 23.8. The average Bonchev–Trinajstić information content (AvgIpc) is 2.47. The lowest BCUT2D eigenvalue weighted by Crippen LogP contribution is -2.12. The van der Waals surface area contributed by atoms with Gasteiger partial charge in [0.15, 0.2) is 5.78 Å². The number of hydrogen-bond donors (Lipinski definition) is 1. The predicted molar refractivity (Wildman–Crippen MR) is 82.7 cm³/mol. The summed E-state index contributed by atoms with van der Waals surface area (Å²) in [5, 5.41) is 2.67. The lowest BCUT2D eigenvalue weighted by molar-refractivity contribution is 0.101. The molecular formula is C16H13F2NO2S. The van der Waals surface area contributed by atoms with E-state index in [2.05, 4.69) is 5.32 Å². The van der Waals surface area contributed by atoms with Crippen molar-refractivity contribution in [2.24, 2.45) is 0 Å². The topological polar surface area (TPSA) is 46.2 Å². The maximum atomic E-state index is 12.2. The van der Waals surface area contributed by atoms with Gasteiger partial charge in [-0.05, 0) is 43.3 Å². The van der Waals surface area contributed by atoms with Crippen molar-refractivity contribution >= 4 is 29.1 Å². The largest absolute Gasteiger partial charge is 0.322 e. The molecule has 0 heterocycles. The van der Waals surface area contributed by atoms with Crippen LogP contribution in [0.3, 0.4) is 0 Å². The summed E-state index contributed by atoms with van der Waals surface area (Å²) in [5.74, 6) is -2.95. The Bertz CT molecular complexity index is 687. The van der Waals surface area contributed by atoms with E-state index in [9.17, 15) is 18.4 Å². The van der Waals surface area contributed by atoms with Crippen LogP contribution in [0.1, 0.15) is 27.6 Å². The normalized spacial score (nSPS) is 10.5. The predicted octanol–water partition coefficient (Wildman–Crippen LogP) is 4.46. The van der Waals surface area contributed by atoms with E-state index in [4.69, 9.17) is 0 Å². The fourth-order valence-corrected chi connectivity index (χ4v) is 2.31. The number of anilines is 1.